The number of nitrogens with zero attached hydrogens (tertiary/aromatic N) is 5. The van der Waals surface area contributed by atoms with Gasteiger partial charge in [-0.1, -0.05) is 24.3 Å². The van der Waals surface area contributed by atoms with Gasteiger partial charge in [0.25, 0.3) is 5.91 Å². The molecule has 3 fully saturated rings. The lowest BCUT2D eigenvalue weighted by Gasteiger charge is -2.43. The van der Waals surface area contributed by atoms with Crippen molar-refractivity contribution in [2.24, 2.45) is 0 Å². The van der Waals surface area contributed by atoms with Gasteiger partial charge in [0.1, 0.15) is 17.3 Å². The van der Waals surface area contributed by atoms with Crippen LogP contribution in [0.3, 0.4) is 0 Å². The maximum atomic E-state index is 13.7. The van der Waals surface area contributed by atoms with Crippen molar-refractivity contribution < 1.29 is 19.4 Å². The Morgan fingerprint density at radius 2 is 1.77 bits per heavy atom. The van der Waals surface area contributed by atoms with Gasteiger partial charge >= 0.3 is 0 Å². The van der Waals surface area contributed by atoms with Crippen molar-refractivity contribution >= 4 is 17.6 Å². The average Bonchev–Trinajstić information content (AvgIpc) is 3.52. The zero-order valence-electron chi connectivity index (χ0n) is 23.3. The summed E-state index contributed by atoms with van der Waals surface area (Å²) < 4.78 is 5.59. The number of aliphatic hydroxyl groups is 1. The molecule has 0 aliphatic carbocycles. The molecule has 3 atom stereocenters. The number of carbonyl (C=O) groups is 2. The first kappa shape index (κ1) is 27.1. The number of aliphatic hydroxyl groups excluding tert-OH is 1. The van der Waals surface area contributed by atoms with Gasteiger partial charge in [0.2, 0.25) is 5.91 Å². The van der Waals surface area contributed by atoms with Gasteiger partial charge in [-0.15, -0.1) is 0 Å². The third-order valence-electron chi connectivity index (χ3n) is 9.01. The van der Waals surface area contributed by atoms with Gasteiger partial charge in [-0.25, -0.2) is 9.97 Å². The molecule has 2 N–H and O–H groups in total. The molecule has 1 aromatic carbocycles. The number of β-amino-alcohol motifs (C(OH)–C–C–N with tert-alkyl or cyclic N) is 1. The Labute approximate surface area is 235 Å². The third kappa shape index (κ3) is 5.84. The molecule has 0 spiro atoms. The van der Waals surface area contributed by atoms with Crippen molar-refractivity contribution in [1.82, 2.24) is 24.7 Å². The first-order valence-electron chi connectivity index (χ1n) is 14.7. The van der Waals surface area contributed by atoms with Crippen molar-refractivity contribution in [2.45, 2.75) is 69.7 Å². The number of carbonyl (C=O) groups excluding carboxylic acids is 2. The normalized spacial score (nSPS) is 26.0. The molecular formula is C30H40N6O4. The van der Waals surface area contributed by atoms with E-state index in [4.69, 9.17) is 14.7 Å². The van der Waals surface area contributed by atoms with Crippen molar-refractivity contribution in [2.75, 3.05) is 51.3 Å². The average molecular weight is 549 g/mol. The Balaban J connectivity index is 1.14. The lowest BCUT2D eigenvalue weighted by Crippen LogP contribution is -2.56. The molecule has 0 bridgehead atoms. The van der Waals surface area contributed by atoms with Crippen molar-refractivity contribution in [1.29, 1.82) is 0 Å². The number of nitrogens with one attached hydrogen (secondary N) is 1. The number of benzene rings is 1. The number of hydrogen-bond donors (Lipinski definition) is 2. The van der Waals surface area contributed by atoms with E-state index in [1.807, 2.05) is 4.90 Å². The van der Waals surface area contributed by atoms with E-state index in [1.165, 1.54) is 11.1 Å². The molecular weight excluding hydrogens is 508 g/mol. The largest absolute Gasteiger partial charge is 0.390 e. The summed E-state index contributed by atoms with van der Waals surface area (Å²) in [6, 6.07) is 10.5. The van der Waals surface area contributed by atoms with E-state index < -0.39 is 6.10 Å². The van der Waals surface area contributed by atoms with Crippen LogP contribution in [0.4, 0.5) is 5.82 Å². The molecule has 40 heavy (non-hydrogen) atoms. The second kappa shape index (κ2) is 11.8. The molecule has 1 unspecified atom stereocenters. The monoisotopic (exact) mass is 548 g/mol. The SMILES string of the molecule is CC(=O)N1CCC(Nc2cc(C(=O)N3CC[C@@H](N4CCc5ccccc5C4)[C@H](O)C3)nc(C3CCOC3)n2)CC1. The highest BCUT2D eigenvalue weighted by atomic mass is 16.5. The minimum absolute atomic E-state index is 0.0344. The van der Waals surface area contributed by atoms with Crippen LogP contribution in [-0.2, 0) is 22.5 Å². The quantitative estimate of drug-likeness (QED) is 0.584. The predicted molar refractivity (Wildman–Crippen MR) is 150 cm³/mol. The Bertz CT molecular complexity index is 1230. The number of rotatable bonds is 5. The molecule has 2 amide bonds. The molecule has 3 saturated heterocycles. The Kier molecular flexibility index (Phi) is 8.00. The van der Waals surface area contributed by atoms with E-state index in [-0.39, 0.29) is 29.8 Å². The summed E-state index contributed by atoms with van der Waals surface area (Å²) in [5.74, 6) is 1.27. The van der Waals surface area contributed by atoms with Crippen LogP contribution >= 0.6 is 0 Å². The molecule has 2 aromatic rings. The number of anilines is 1. The van der Waals surface area contributed by atoms with Gasteiger partial charge in [-0.3, -0.25) is 14.5 Å². The van der Waals surface area contributed by atoms with Crippen LogP contribution in [0.15, 0.2) is 30.3 Å². The molecule has 4 aliphatic rings. The van der Waals surface area contributed by atoms with Gasteiger partial charge in [0.15, 0.2) is 0 Å². The van der Waals surface area contributed by atoms with Gasteiger partial charge in [-0.2, -0.15) is 0 Å². The number of piperidine rings is 2. The molecule has 0 radical (unpaired) electrons. The van der Waals surface area contributed by atoms with Crippen LogP contribution in [-0.4, -0.2) is 106 Å². The van der Waals surface area contributed by atoms with E-state index in [1.54, 1.807) is 17.9 Å². The fraction of sp³-hybridized carbons (Fsp3) is 0.600. The van der Waals surface area contributed by atoms with Crippen LogP contribution in [0.5, 0.6) is 0 Å². The highest BCUT2D eigenvalue weighted by Crippen LogP contribution is 2.28. The van der Waals surface area contributed by atoms with E-state index in [9.17, 15) is 14.7 Å². The summed E-state index contributed by atoms with van der Waals surface area (Å²) in [4.78, 5) is 40.9. The number of hydrogen-bond acceptors (Lipinski definition) is 8. The molecule has 5 heterocycles. The molecule has 6 rings (SSSR count). The minimum atomic E-state index is -0.614. The van der Waals surface area contributed by atoms with Crippen LogP contribution in [0.2, 0.25) is 0 Å². The van der Waals surface area contributed by atoms with Crippen LogP contribution in [0, 0.1) is 0 Å². The van der Waals surface area contributed by atoms with Crippen molar-refractivity contribution in [3.63, 3.8) is 0 Å². The molecule has 10 heteroatoms. The Morgan fingerprint density at radius 3 is 2.50 bits per heavy atom. The van der Waals surface area contributed by atoms with E-state index in [2.05, 4.69) is 34.5 Å². The fourth-order valence-electron chi connectivity index (χ4n) is 6.61. The summed E-state index contributed by atoms with van der Waals surface area (Å²) in [5, 5.41) is 14.7. The zero-order chi connectivity index (χ0) is 27.6. The van der Waals surface area contributed by atoms with Crippen molar-refractivity contribution in [3.8, 4) is 0 Å². The number of ether oxygens (including phenoxy) is 1. The summed E-state index contributed by atoms with van der Waals surface area (Å²) in [6.07, 6.45) is 3.59. The lowest BCUT2D eigenvalue weighted by atomic mass is 9.94. The highest BCUT2D eigenvalue weighted by molar-refractivity contribution is 5.93. The standard InChI is InChI=1S/C30H40N6O4/c1-20(37)34-12-7-24(8-13-34)31-28-16-25(32-29(33-28)23-10-15-40-19-23)30(39)36-14-9-26(27(38)18-36)35-11-6-21-4-2-3-5-22(21)17-35/h2-5,16,23-24,26-27,38H,6-15,17-19H2,1H3,(H,31,32,33)/t23?,26-,27-/m1/s1. The number of aromatic nitrogens is 2. The van der Waals surface area contributed by atoms with Crippen molar-refractivity contribution in [3.05, 3.63) is 53.0 Å². The fourth-order valence-corrected chi connectivity index (χ4v) is 6.61. The van der Waals surface area contributed by atoms with Crippen LogP contribution in [0.25, 0.3) is 0 Å². The first-order chi connectivity index (χ1) is 19.4. The van der Waals surface area contributed by atoms with E-state index >= 15 is 0 Å². The summed E-state index contributed by atoms with van der Waals surface area (Å²) in [7, 11) is 0. The van der Waals surface area contributed by atoms with E-state index in [0.717, 1.165) is 45.2 Å². The number of fused-ring (bicyclic) bond motifs is 1. The highest BCUT2D eigenvalue weighted by Gasteiger charge is 2.36. The van der Waals surface area contributed by atoms with Crippen LogP contribution < -0.4 is 5.32 Å². The smallest absolute Gasteiger partial charge is 0.272 e. The lowest BCUT2D eigenvalue weighted by molar-refractivity contribution is -0.129. The Hall–Kier alpha value is -3.08. The van der Waals surface area contributed by atoms with Gasteiger partial charge in [0.05, 0.1) is 12.7 Å². The maximum Gasteiger partial charge on any atom is 0.272 e. The molecule has 0 saturated carbocycles. The topological polar surface area (TPSA) is 111 Å². The zero-order valence-corrected chi connectivity index (χ0v) is 23.3. The molecule has 10 nitrogen and oxygen atoms in total. The summed E-state index contributed by atoms with van der Waals surface area (Å²) in [6.45, 7) is 6.88. The van der Waals surface area contributed by atoms with Gasteiger partial charge in [0, 0.05) is 76.9 Å². The molecule has 4 aliphatic heterocycles. The minimum Gasteiger partial charge on any atom is -0.390 e. The van der Waals surface area contributed by atoms with Crippen LogP contribution in [0.1, 0.15) is 66.0 Å². The summed E-state index contributed by atoms with van der Waals surface area (Å²) in [5.41, 5.74) is 3.08. The van der Waals surface area contributed by atoms with Gasteiger partial charge in [-0.05, 0) is 43.2 Å². The number of likely N-dealkylation sites (tertiary alicyclic amines) is 2. The maximum absolute atomic E-state index is 13.7. The second-order valence-corrected chi connectivity index (χ2v) is 11.6. The predicted octanol–water partition coefficient (Wildman–Crippen LogP) is 2.04. The molecule has 214 valence electrons. The Morgan fingerprint density at radius 1 is 1.00 bits per heavy atom. The summed E-state index contributed by atoms with van der Waals surface area (Å²) >= 11 is 0. The van der Waals surface area contributed by atoms with E-state index in [0.29, 0.717) is 56.7 Å². The third-order valence-corrected chi connectivity index (χ3v) is 9.01. The first-order valence-corrected chi connectivity index (χ1v) is 14.7. The molecule has 1 aromatic heterocycles. The second-order valence-electron chi connectivity index (χ2n) is 11.6. The number of amides is 2. The van der Waals surface area contributed by atoms with Gasteiger partial charge < -0.3 is 25.0 Å².